The van der Waals surface area contributed by atoms with Crippen LogP contribution < -0.4 is 0 Å². The molecule has 0 spiro atoms. The van der Waals surface area contributed by atoms with Crippen molar-refractivity contribution in [3.05, 3.63) is 59.5 Å². The number of rotatable bonds is 4. The van der Waals surface area contributed by atoms with E-state index in [1.165, 1.54) is 29.0 Å². The Labute approximate surface area is 169 Å². The van der Waals surface area contributed by atoms with E-state index in [-0.39, 0.29) is 39.6 Å². The quantitative estimate of drug-likeness (QED) is 0.326. The monoisotopic (exact) mass is 427 g/mol. The average molecular weight is 427 g/mol. The van der Waals surface area contributed by atoms with Crippen molar-refractivity contribution < 1.29 is 31.1 Å². The van der Waals surface area contributed by atoms with E-state index in [9.17, 15) is 31.1 Å². The van der Waals surface area contributed by atoms with E-state index in [0.29, 0.717) is 0 Å². The molecule has 0 radical (unpaired) electrons. The molecule has 8 heteroatoms. The van der Waals surface area contributed by atoms with Gasteiger partial charge < -0.3 is 4.57 Å². The zero-order valence-corrected chi connectivity index (χ0v) is 16.4. The molecule has 2 aromatic carbocycles. The highest BCUT2D eigenvalue weighted by molar-refractivity contribution is 6.10. The number of carbonyl (C=O) groups is 1. The zero-order chi connectivity index (χ0) is 22.4. The first-order chi connectivity index (χ1) is 13.8. The lowest BCUT2D eigenvalue weighted by Crippen LogP contribution is -2.15. The van der Waals surface area contributed by atoms with Gasteiger partial charge in [0.05, 0.1) is 5.56 Å². The van der Waals surface area contributed by atoms with Gasteiger partial charge in [-0.2, -0.15) is 13.2 Å². The molecule has 1 aromatic heterocycles. The molecular weight excluding hydrogens is 408 g/mol. The first-order valence-electron chi connectivity index (χ1n) is 9.11. The largest absolute Gasteiger partial charge is 0.417 e. The van der Waals surface area contributed by atoms with Crippen molar-refractivity contribution in [1.82, 2.24) is 4.57 Å². The number of hydrogen-bond acceptors (Lipinski definition) is 1. The maximum absolute atomic E-state index is 14.9. The molecule has 2 nitrogen and oxygen atoms in total. The van der Waals surface area contributed by atoms with Crippen molar-refractivity contribution in [3.8, 4) is 11.1 Å². The summed E-state index contributed by atoms with van der Waals surface area (Å²) in [7, 11) is 0. The van der Waals surface area contributed by atoms with Crippen LogP contribution in [0.1, 0.15) is 36.7 Å². The lowest BCUT2D eigenvalue weighted by Gasteiger charge is -2.20. The van der Waals surface area contributed by atoms with Crippen LogP contribution in [0.25, 0.3) is 22.0 Å². The summed E-state index contributed by atoms with van der Waals surface area (Å²) in [5, 5.41) is -0.0599. The van der Waals surface area contributed by atoms with Crippen LogP contribution in [-0.2, 0) is 12.7 Å². The topological polar surface area (TPSA) is 22.0 Å². The van der Waals surface area contributed by atoms with E-state index in [1.807, 2.05) is 20.8 Å². The molecule has 0 fully saturated rings. The summed E-state index contributed by atoms with van der Waals surface area (Å²) in [5.74, 6) is -2.49. The number of carbonyl (C=O) groups excluding carboxylic acids is 1. The summed E-state index contributed by atoms with van der Waals surface area (Å²) in [6, 6.07) is 6.59. The van der Waals surface area contributed by atoms with Crippen LogP contribution in [0, 0.1) is 11.2 Å². The Hall–Kier alpha value is -2.77. The maximum Gasteiger partial charge on any atom is 0.417 e. The molecule has 160 valence electrons. The number of alkyl halides is 5. The summed E-state index contributed by atoms with van der Waals surface area (Å²) in [5.41, 5.74) is -2.19. The number of aromatic nitrogens is 1. The first-order valence-corrected chi connectivity index (χ1v) is 9.11. The number of nitrogens with zero attached hydrogens (tertiary/aromatic N) is 1. The van der Waals surface area contributed by atoms with Gasteiger partial charge in [-0.15, -0.1) is 0 Å². The number of hydrogen-bond donors (Lipinski definition) is 0. The minimum atomic E-state index is -4.71. The lowest BCUT2D eigenvalue weighted by atomic mass is 9.96. The van der Waals surface area contributed by atoms with Gasteiger partial charge in [-0.3, -0.25) is 4.79 Å². The Morgan fingerprint density at radius 3 is 2.23 bits per heavy atom. The number of halogens is 6. The fourth-order valence-corrected chi connectivity index (χ4v) is 3.44. The molecule has 0 aliphatic carbocycles. The van der Waals surface area contributed by atoms with Gasteiger partial charge in [-0.05, 0) is 29.2 Å². The van der Waals surface area contributed by atoms with Crippen LogP contribution in [-0.4, -0.2) is 16.8 Å². The lowest BCUT2D eigenvalue weighted by molar-refractivity contribution is -0.137. The third kappa shape index (κ3) is 4.22. The molecule has 0 saturated heterocycles. The van der Waals surface area contributed by atoms with Crippen molar-refractivity contribution in [2.45, 2.75) is 39.9 Å². The molecule has 0 aliphatic rings. The van der Waals surface area contributed by atoms with Crippen molar-refractivity contribution in [2.75, 3.05) is 0 Å². The van der Waals surface area contributed by atoms with E-state index >= 15 is 0 Å². The van der Waals surface area contributed by atoms with Gasteiger partial charge in [0.2, 0.25) is 5.78 Å². The molecule has 30 heavy (non-hydrogen) atoms. The van der Waals surface area contributed by atoms with Gasteiger partial charge >= 0.3 is 12.6 Å². The second-order valence-corrected chi connectivity index (χ2v) is 8.29. The molecule has 0 atom stereocenters. The van der Waals surface area contributed by atoms with Gasteiger partial charge in [0.15, 0.2) is 0 Å². The minimum Gasteiger partial charge on any atom is -0.346 e. The van der Waals surface area contributed by atoms with Crippen molar-refractivity contribution in [1.29, 1.82) is 0 Å². The standard InChI is InChI=1S/C22H19F6NO/c1-21(2,3)11-29-10-15(19(30)20(24)25)14-8-17(23)13(9-18(14)29)12-6-4-5-7-16(12)22(26,27)28/h4-10,20H,11H2,1-3H3. The fraction of sp³-hybridized carbons (Fsp3) is 0.318. The SMILES string of the molecule is CC(C)(C)Cn1cc(C(=O)C(F)F)c2cc(F)c(-c3ccccc3C(F)(F)F)cc21. The second-order valence-electron chi connectivity index (χ2n) is 8.29. The number of benzene rings is 2. The van der Waals surface area contributed by atoms with Crippen LogP contribution in [0.4, 0.5) is 26.3 Å². The van der Waals surface area contributed by atoms with E-state index in [0.717, 1.165) is 18.2 Å². The molecule has 0 aliphatic heterocycles. The van der Waals surface area contributed by atoms with E-state index < -0.39 is 29.8 Å². The van der Waals surface area contributed by atoms with Crippen LogP contribution in [0.5, 0.6) is 0 Å². The Bertz CT molecular complexity index is 1110. The maximum atomic E-state index is 14.9. The summed E-state index contributed by atoms with van der Waals surface area (Å²) in [6.45, 7) is 5.90. The highest BCUT2D eigenvalue weighted by Crippen LogP contribution is 2.40. The molecule has 3 rings (SSSR count). The molecule has 0 N–H and O–H groups in total. The summed E-state index contributed by atoms with van der Waals surface area (Å²) >= 11 is 0. The Morgan fingerprint density at radius 2 is 1.67 bits per heavy atom. The molecule has 0 saturated carbocycles. The normalized spacial score (nSPS) is 12.7. The van der Waals surface area contributed by atoms with Crippen molar-refractivity contribution in [2.24, 2.45) is 5.41 Å². The average Bonchev–Trinajstić information content (AvgIpc) is 2.95. The number of fused-ring (bicyclic) bond motifs is 1. The third-order valence-corrected chi connectivity index (χ3v) is 4.60. The summed E-state index contributed by atoms with van der Waals surface area (Å²) in [4.78, 5) is 12.0. The van der Waals surface area contributed by atoms with Gasteiger partial charge in [0.1, 0.15) is 5.82 Å². The molecular formula is C22H19F6NO. The summed E-state index contributed by atoms with van der Waals surface area (Å²) in [6.07, 6.45) is -6.78. The molecule has 0 amide bonds. The smallest absolute Gasteiger partial charge is 0.346 e. The van der Waals surface area contributed by atoms with Crippen LogP contribution in [0.15, 0.2) is 42.6 Å². The third-order valence-electron chi connectivity index (χ3n) is 4.60. The predicted molar refractivity (Wildman–Crippen MR) is 102 cm³/mol. The molecule has 3 aromatic rings. The fourth-order valence-electron chi connectivity index (χ4n) is 3.44. The Kier molecular flexibility index (Phi) is 5.47. The Balaban J connectivity index is 2.32. The number of ketones is 1. The predicted octanol–water partition coefficient (Wildman–Crippen LogP) is 6.96. The van der Waals surface area contributed by atoms with Gasteiger partial charge in [0.25, 0.3) is 0 Å². The highest BCUT2D eigenvalue weighted by atomic mass is 19.4. The van der Waals surface area contributed by atoms with E-state index in [1.54, 1.807) is 0 Å². The van der Waals surface area contributed by atoms with Crippen molar-refractivity contribution in [3.63, 3.8) is 0 Å². The summed E-state index contributed by atoms with van der Waals surface area (Å²) < 4.78 is 82.7. The minimum absolute atomic E-state index is 0.0599. The van der Waals surface area contributed by atoms with Gasteiger partial charge in [-0.25, -0.2) is 13.2 Å². The zero-order valence-electron chi connectivity index (χ0n) is 16.4. The van der Waals surface area contributed by atoms with Crippen LogP contribution >= 0.6 is 0 Å². The van der Waals surface area contributed by atoms with E-state index in [4.69, 9.17) is 0 Å². The number of Topliss-reactive ketones (excluding diaryl/α,β-unsaturated/α-hetero) is 1. The Morgan fingerprint density at radius 1 is 1.03 bits per heavy atom. The van der Waals surface area contributed by atoms with Crippen LogP contribution in [0.2, 0.25) is 0 Å². The van der Waals surface area contributed by atoms with E-state index in [2.05, 4.69) is 0 Å². The first kappa shape index (κ1) is 21.9. The molecule has 1 heterocycles. The van der Waals surface area contributed by atoms with Crippen molar-refractivity contribution >= 4 is 16.7 Å². The second kappa shape index (κ2) is 7.49. The molecule has 0 unspecified atom stereocenters. The van der Waals surface area contributed by atoms with Gasteiger partial charge in [0, 0.05) is 34.8 Å². The van der Waals surface area contributed by atoms with Gasteiger partial charge in [-0.1, -0.05) is 39.0 Å². The highest BCUT2D eigenvalue weighted by Gasteiger charge is 2.34. The van der Waals surface area contributed by atoms with Crippen LogP contribution in [0.3, 0.4) is 0 Å². The molecule has 0 bridgehead atoms.